The Morgan fingerprint density at radius 3 is 2.06 bits per heavy atom. The van der Waals surface area contributed by atoms with Gasteiger partial charge in [-0.25, -0.2) is 0 Å². The molecule has 0 aromatic carbocycles. The van der Waals surface area contributed by atoms with Crippen LogP contribution in [0.3, 0.4) is 0 Å². The summed E-state index contributed by atoms with van der Waals surface area (Å²) in [4.78, 5) is -2.28. The Balaban J connectivity index is 2.32. The second kappa shape index (κ2) is 3.67. The highest BCUT2D eigenvalue weighted by Crippen LogP contribution is 2.78. The van der Waals surface area contributed by atoms with E-state index in [-0.39, 0.29) is 26.7 Å². The van der Waals surface area contributed by atoms with Crippen molar-refractivity contribution in [3.8, 4) is 0 Å². The lowest BCUT2D eigenvalue weighted by atomic mass is 9.84. The molecule has 2 bridgehead atoms. The van der Waals surface area contributed by atoms with E-state index in [2.05, 4.69) is 15.9 Å². The van der Waals surface area contributed by atoms with E-state index in [4.69, 9.17) is 69.6 Å². The minimum Gasteiger partial charge on any atom is -0.109 e. The fraction of sp³-hybridized carbons (Fsp3) is 0.600. The van der Waals surface area contributed by atoms with Gasteiger partial charge in [-0.15, -0.1) is 23.2 Å². The maximum Gasteiger partial charge on any atom is 0.167 e. The number of hydrogen-bond donors (Lipinski definition) is 0. The molecule has 0 radical (unpaired) electrons. The van der Waals surface area contributed by atoms with Crippen LogP contribution in [0.2, 0.25) is 0 Å². The zero-order valence-electron chi connectivity index (χ0n) is 8.03. The number of halogens is 7. The molecule has 0 heterocycles. The summed E-state index contributed by atoms with van der Waals surface area (Å²) in [5, 5.41) is 0.517. The lowest BCUT2D eigenvalue weighted by Gasteiger charge is -2.34. The van der Waals surface area contributed by atoms with Crippen molar-refractivity contribution in [3.63, 3.8) is 0 Å². The summed E-state index contributed by atoms with van der Waals surface area (Å²) >= 11 is 42.0. The molecule has 0 aliphatic heterocycles. The molecule has 3 rings (SSSR count). The molecule has 5 unspecified atom stereocenters. The van der Waals surface area contributed by atoms with E-state index in [1.165, 1.54) is 0 Å². The van der Waals surface area contributed by atoms with Crippen LogP contribution in [0.15, 0.2) is 22.2 Å². The maximum absolute atomic E-state index is 6.63. The van der Waals surface area contributed by atoms with Crippen LogP contribution in [0, 0.1) is 11.8 Å². The van der Waals surface area contributed by atoms with Crippen molar-refractivity contribution < 1.29 is 0 Å². The number of alkyl halides is 5. The van der Waals surface area contributed by atoms with Crippen molar-refractivity contribution >= 4 is 85.5 Å². The molecular weight excluding hydrogens is 413 g/mol. The summed E-state index contributed by atoms with van der Waals surface area (Å²) in [5.41, 5.74) is 0. The molecule has 0 aromatic heterocycles. The van der Waals surface area contributed by atoms with E-state index < -0.39 is 14.1 Å². The van der Waals surface area contributed by atoms with Gasteiger partial charge in [0.25, 0.3) is 0 Å². The number of hydrogen-bond acceptors (Lipinski definition) is 0. The predicted octanol–water partition coefficient (Wildman–Crippen LogP) is 5.40. The number of allylic oxidation sites excluding steroid dienone is 4. The quantitative estimate of drug-likeness (QED) is 0.366. The summed E-state index contributed by atoms with van der Waals surface area (Å²) in [5.74, 6) is -0.234. The van der Waals surface area contributed by atoms with Crippen molar-refractivity contribution in [2.75, 3.05) is 0 Å². The molecule has 5 atom stereocenters. The monoisotopic (exact) mass is 414 g/mol. The van der Waals surface area contributed by atoms with Crippen LogP contribution in [0.4, 0.5) is 0 Å². The third-order valence-electron chi connectivity index (χ3n) is 3.90. The largest absolute Gasteiger partial charge is 0.167 e. The molecule has 17 heavy (non-hydrogen) atoms. The first kappa shape index (κ1) is 13.7. The Bertz CT molecular complexity index is 471. The molecular formula is C10H5BrCl6. The molecule has 94 valence electrons. The SMILES string of the molecule is ClC1=C(Cl)C2(Cl)C3C(Br)C=CC3C1(Cl)C2(Cl)Cl. The van der Waals surface area contributed by atoms with Gasteiger partial charge in [0.2, 0.25) is 0 Å². The Labute approximate surface area is 137 Å². The second-order valence-corrected chi connectivity index (χ2v) is 8.84. The predicted molar refractivity (Wildman–Crippen MR) is 79.2 cm³/mol. The molecule has 0 amide bonds. The Morgan fingerprint density at radius 2 is 1.47 bits per heavy atom. The van der Waals surface area contributed by atoms with Crippen LogP contribution in [-0.4, -0.2) is 18.9 Å². The molecule has 1 saturated carbocycles. The first-order valence-corrected chi connectivity index (χ1v) is 8.03. The van der Waals surface area contributed by atoms with Crippen molar-refractivity contribution in [1.82, 2.24) is 0 Å². The molecule has 3 aliphatic rings. The van der Waals surface area contributed by atoms with E-state index >= 15 is 0 Å². The fourth-order valence-electron chi connectivity index (χ4n) is 3.08. The van der Waals surface area contributed by atoms with Crippen molar-refractivity contribution in [1.29, 1.82) is 0 Å². The van der Waals surface area contributed by atoms with Crippen LogP contribution in [-0.2, 0) is 0 Å². The van der Waals surface area contributed by atoms with Gasteiger partial charge in [-0.2, -0.15) is 0 Å². The Kier molecular flexibility index (Phi) is 2.95. The average molecular weight is 418 g/mol. The molecule has 7 heteroatoms. The van der Waals surface area contributed by atoms with E-state index in [0.717, 1.165) is 0 Å². The lowest BCUT2D eigenvalue weighted by Crippen LogP contribution is -2.45. The smallest absolute Gasteiger partial charge is 0.109 e. The normalized spacial score (nSPS) is 54.6. The van der Waals surface area contributed by atoms with Crippen LogP contribution >= 0.6 is 85.5 Å². The van der Waals surface area contributed by atoms with Gasteiger partial charge >= 0.3 is 0 Å². The summed E-state index contributed by atoms with van der Waals surface area (Å²) in [6.45, 7) is 0. The summed E-state index contributed by atoms with van der Waals surface area (Å²) in [7, 11) is 0. The maximum atomic E-state index is 6.63. The standard InChI is InChI=1S/C10H5BrCl6/c11-4-2-1-3-5(4)9(15)7(13)6(12)8(3,14)10(9,16)17/h1-5H. The fourth-order valence-corrected chi connectivity index (χ4v) is 7.16. The summed E-state index contributed by atoms with van der Waals surface area (Å²) in [6.07, 6.45) is 3.93. The van der Waals surface area contributed by atoms with Gasteiger partial charge in [-0.05, 0) is 0 Å². The second-order valence-electron chi connectivity index (χ2n) is 4.51. The Morgan fingerprint density at radius 1 is 0.941 bits per heavy atom. The number of fused-ring (bicyclic) bond motifs is 5. The number of rotatable bonds is 0. The molecule has 3 aliphatic carbocycles. The minimum absolute atomic E-state index is 0.0287. The van der Waals surface area contributed by atoms with E-state index in [1.807, 2.05) is 12.2 Å². The van der Waals surface area contributed by atoms with Crippen LogP contribution < -0.4 is 0 Å². The molecule has 0 nitrogen and oxygen atoms in total. The highest BCUT2D eigenvalue weighted by Gasteiger charge is 2.83. The first-order valence-electron chi connectivity index (χ1n) is 4.85. The summed E-state index contributed by atoms with van der Waals surface area (Å²) in [6, 6.07) is 0. The first-order chi connectivity index (χ1) is 7.70. The van der Waals surface area contributed by atoms with Gasteiger partial charge in [0.15, 0.2) is 4.33 Å². The topological polar surface area (TPSA) is 0 Å². The molecule has 0 spiro atoms. The molecule has 0 N–H and O–H groups in total. The average Bonchev–Trinajstić information content (AvgIpc) is 2.73. The van der Waals surface area contributed by atoms with E-state index in [0.29, 0.717) is 0 Å². The van der Waals surface area contributed by atoms with Crippen molar-refractivity contribution in [2.24, 2.45) is 11.8 Å². The van der Waals surface area contributed by atoms with E-state index in [1.54, 1.807) is 0 Å². The molecule has 0 saturated heterocycles. The zero-order chi connectivity index (χ0) is 12.8. The van der Waals surface area contributed by atoms with Crippen LogP contribution in [0.5, 0.6) is 0 Å². The van der Waals surface area contributed by atoms with Crippen LogP contribution in [0.1, 0.15) is 0 Å². The van der Waals surface area contributed by atoms with Gasteiger partial charge in [0.05, 0.1) is 10.1 Å². The third-order valence-corrected chi connectivity index (χ3v) is 9.06. The van der Waals surface area contributed by atoms with Crippen LogP contribution in [0.25, 0.3) is 0 Å². The highest BCUT2D eigenvalue weighted by molar-refractivity contribution is 9.09. The minimum atomic E-state index is -1.43. The molecule has 1 fully saturated rings. The van der Waals surface area contributed by atoms with Crippen molar-refractivity contribution in [3.05, 3.63) is 22.2 Å². The van der Waals surface area contributed by atoms with E-state index in [9.17, 15) is 0 Å². The zero-order valence-corrected chi connectivity index (χ0v) is 14.2. The van der Waals surface area contributed by atoms with Gasteiger partial charge in [0.1, 0.15) is 9.75 Å². The highest BCUT2D eigenvalue weighted by atomic mass is 79.9. The van der Waals surface area contributed by atoms with Gasteiger partial charge in [0, 0.05) is 16.7 Å². The lowest BCUT2D eigenvalue weighted by molar-refractivity contribution is 0.426. The van der Waals surface area contributed by atoms with Gasteiger partial charge in [-0.3, -0.25) is 0 Å². The van der Waals surface area contributed by atoms with Gasteiger partial charge < -0.3 is 0 Å². The van der Waals surface area contributed by atoms with Crippen molar-refractivity contribution in [2.45, 2.75) is 18.9 Å². The van der Waals surface area contributed by atoms with Gasteiger partial charge in [-0.1, -0.05) is 74.5 Å². The summed E-state index contributed by atoms with van der Waals surface area (Å²) < 4.78 is -1.43. The third kappa shape index (κ3) is 1.18. The molecule has 0 aromatic rings. The Hall–Kier alpha value is 1.70.